The molecule has 3 unspecified atom stereocenters. The van der Waals surface area contributed by atoms with Gasteiger partial charge in [0.2, 0.25) is 0 Å². The van der Waals surface area contributed by atoms with Crippen LogP contribution in [0.25, 0.3) is 11.0 Å². The van der Waals surface area contributed by atoms with Crippen molar-refractivity contribution >= 4 is 54.5 Å². The van der Waals surface area contributed by atoms with E-state index in [1.54, 1.807) is 10.8 Å². The van der Waals surface area contributed by atoms with E-state index in [9.17, 15) is 14.0 Å². The molecule has 1 saturated heterocycles. The van der Waals surface area contributed by atoms with Gasteiger partial charge in [-0.25, -0.2) is 18.8 Å². The zero-order chi connectivity index (χ0) is 24.0. The Balaban J connectivity index is 1.86. The van der Waals surface area contributed by atoms with Crippen LogP contribution in [0.15, 0.2) is 12.5 Å². The van der Waals surface area contributed by atoms with Gasteiger partial charge in [-0.3, -0.25) is 9.09 Å². The average molecular weight is 539 g/mol. The molecule has 0 aromatic carbocycles. The summed E-state index contributed by atoms with van der Waals surface area (Å²) in [6, 6.07) is 0. The van der Waals surface area contributed by atoms with Crippen molar-refractivity contribution in [3.05, 3.63) is 18.1 Å². The van der Waals surface area contributed by atoms with Crippen LogP contribution in [0.5, 0.6) is 0 Å². The summed E-state index contributed by atoms with van der Waals surface area (Å²) in [7, 11) is -5.43. The SMILES string of the molecule is CSSCO[C@H]1C[C@H](n2cc(C#CCN)c3c(N)ncnc32)OC1COP(=O)(O)O[PH](=O)O. The molecule has 17 heteroatoms. The Labute approximate surface area is 197 Å². The summed E-state index contributed by atoms with van der Waals surface area (Å²) in [6.45, 7) is -0.254. The molecule has 2 aromatic rings. The maximum atomic E-state index is 11.8. The Morgan fingerprint density at radius 3 is 2.97 bits per heavy atom. The molecular weight excluding hydrogens is 516 g/mol. The normalized spacial score (nSPS) is 23.2. The molecule has 3 heterocycles. The molecule has 0 radical (unpaired) electrons. The number of rotatable bonds is 10. The van der Waals surface area contributed by atoms with Gasteiger partial charge in [0.05, 0.1) is 30.2 Å². The van der Waals surface area contributed by atoms with Gasteiger partial charge < -0.3 is 35.3 Å². The Hall–Kier alpha value is -1.14. The number of hydrogen-bond acceptors (Lipinski definition) is 12. The van der Waals surface area contributed by atoms with Gasteiger partial charge in [-0.15, -0.1) is 0 Å². The fourth-order valence-electron chi connectivity index (χ4n) is 3.22. The molecule has 0 spiro atoms. The van der Waals surface area contributed by atoms with E-state index >= 15 is 0 Å². The van der Waals surface area contributed by atoms with Crippen molar-refractivity contribution in [3.8, 4) is 11.8 Å². The largest absolute Gasteiger partial charge is 0.479 e. The van der Waals surface area contributed by atoms with Crippen LogP contribution in [-0.4, -0.2) is 61.9 Å². The minimum absolute atomic E-state index is 0.159. The number of nitrogen functional groups attached to an aromatic ring is 1. The highest BCUT2D eigenvalue weighted by molar-refractivity contribution is 8.76. The number of nitrogens with zero attached hydrogens (tertiary/aromatic N) is 3. The molecule has 0 bridgehead atoms. The molecular formula is C16H23N5O8P2S2. The van der Waals surface area contributed by atoms with Crippen molar-refractivity contribution in [2.75, 3.05) is 31.1 Å². The van der Waals surface area contributed by atoms with E-state index in [4.69, 9.17) is 30.4 Å². The van der Waals surface area contributed by atoms with E-state index in [-0.39, 0.29) is 12.4 Å². The highest BCUT2D eigenvalue weighted by Gasteiger charge is 2.40. The molecule has 1 aliphatic rings. The zero-order valence-electron chi connectivity index (χ0n) is 17.3. The lowest BCUT2D eigenvalue weighted by Crippen LogP contribution is -2.28. The number of fused-ring (bicyclic) bond motifs is 1. The second kappa shape index (κ2) is 12.0. The second-order valence-corrected chi connectivity index (χ2v) is 11.5. The number of aromatic nitrogens is 3. The van der Waals surface area contributed by atoms with Gasteiger partial charge in [-0.05, 0) is 6.26 Å². The molecule has 13 nitrogen and oxygen atoms in total. The third kappa shape index (κ3) is 6.94. The molecule has 3 rings (SSSR count). The summed E-state index contributed by atoms with van der Waals surface area (Å²) < 4.78 is 45.2. The quantitative estimate of drug-likeness (QED) is 0.111. The minimum atomic E-state index is -4.74. The first-order chi connectivity index (χ1) is 15.8. The Kier molecular flexibility index (Phi) is 9.63. The lowest BCUT2D eigenvalue weighted by Gasteiger charge is -2.19. The third-order valence-electron chi connectivity index (χ3n) is 4.50. The molecule has 0 amide bonds. The number of hydrogen-bond donors (Lipinski definition) is 4. The van der Waals surface area contributed by atoms with Crippen LogP contribution in [-0.2, 0) is 27.4 Å². The van der Waals surface area contributed by atoms with Crippen LogP contribution in [0, 0.1) is 11.8 Å². The minimum Gasteiger partial charge on any atom is -0.383 e. The first-order valence-corrected chi connectivity index (χ1v) is 14.9. The maximum Gasteiger partial charge on any atom is 0.479 e. The molecule has 1 aliphatic heterocycles. The molecule has 33 heavy (non-hydrogen) atoms. The van der Waals surface area contributed by atoms with E-state index < -0.39 is 41.1 Å². The summed E-state index contributed by atoms with van der Waals surface area (Å²) in [4.78, 5) is 26.7. The van der Waals surface area contributed by atoms with E-state index in [1.807, 2.05) is 6.26 Å². The van der Waals surface area contributed by atoms with E-state index in [2.05, 4.69) is 26.1 Å². The van der Waals surface area contributed by atoms with Crippen LogP contribution in [0.2, 0.25) is 0 Å². The fourth-order valence-corrected chi connectivity index (χ4v) is 5.34. The van der Waals surface area contributed by atoms with Gasteiger partial charge >= 0.3 is 16.1 Å². The van der Waals surface area contributed by atoms with Gasteiger partial charge in [-0.1, -0.05) is 33.4 Å². The number of ether oxygens (including phenoxy) is 2. The van der Waals surface area contributed by atoms with Gasteiger partial charge in [0.1, 0.15) is 36.1 Å². The summed E-state index contributed by atoms with van der Waals surface area (Å²) in [5.41, 5.74) is 12.6. The van der Waals surface area contributed by atoms with Crippen molar-refractivity contribution in [1.82, 2.24) is 14.5 Å². The van der Waals surface area contributed by atoms with Crippen LogP contribution < -0.4 is 11.5 Å². The zero-order valence-corrected chi connectivity index (χ0v) is 20.8. The molecule has 0 aliphatic carbocycles. The molecule has 5 atom stereocenters. The third-order valence-corrected chi connectivity index (χ3v) is 7.98. The standard InChI is InChI=1S/C16H23N5O8P2S2/c1-32-33-9-26-11-5-13(28-12(11)7-27-31(24,25)29-30(22)23)21-6-10(3-2-4-17)14-15(18)19-8-20-16(14)21/h6,8,11-13,30H,4-5,7,9,17H2,1H3,(H,22,23)(H,24,25)(H2,18,19,20)/t11-,12?,13+/m0/s1. The van der Waals surface area contributed by atoms with E-state index in [0.29, 0.717) is 29.0 Å². The first-order valence-electron chi connectivity index (χ1n) is 9.38. The highest BCUT2D eigenvalue weighted by atomic mass is 33.1. The summed E-state index contributed by atoms with van der Waals surface area (Å²) in [5.74, 6) is 6.32. The van der Waals surface area contributed by atoms with Crippen LogP contribution in [0.3, 0.4) is 0 Å². The number of nitrogens with two attached hydrogens (primary N) is 2. The van der Waals surface area contributed by atoms with Gasteiger partial charge in [-0.2, -0.15) is 0 Å². The van der Waals surface area contributed by atoms with Crippen LogP contribution in [0.1, 0.15) is 18.2 Å². The van der Waals surface area contributed by atoms with Gasteiger partial charge in [0.15, 0.2) is 0 Å². The van der Waals surface area contributed by atoms with Crippen molar-refractivity contribution in [1.29, 1.82) is 0 Å². The number of phosphoric acid groups is 1. The lowest BCUT2D eigenvalue weighted by molar-refractivity contribution is -0.0518. The molecule has 0 saturated carbocycles. The second-order valence-electron chi connectivity index (χ2n) is 6.51. The predicted octanol–water partition coefficient (Wildman–Crippen LogP) is 1.48. The van der Waals surface area contributed by atoms with E-state index in [0.717, 1.165) is 0 Å². The fraction of sp³-hybridized carbons (Fsp3) is 0.500. The van der Waals surface area contributed by atoms with Crippen molar-refractivity contribution < 1.29 is 37.2 Å². The summed E-state index contributed by atoms with van der Waals surface area (Å²) >= 11 is 0. The van der Waals surface area contributed by atoms with Crippen molar-refractivity contribution in [3.63, 3.8) is 0 Å². The van der Waals surface area contributed by atoms with Crippen molar-refractivity contribution in [2.45, 2.75) is 24.9 Å². The van der Waals surface area contributed by atoms with Gasteiger partial charge in [0, 0.05) is 12.6 Å². The number of anilines is 1. The smallest absolute Gasteiger partial charge is 0.383 e. The highest BCUT2D eigenvalue weighted by Crippen LogP contribution is 2.51. The Bertz CT molecular complexity index is 1110. The van der Waals surface area contributed by atoms with Crippen molar-refractivity contribution in [2.24, 2.45) is 5.73 Å². The Morgan fingerprint density at radius 2 is 2.27 bits per heavy atom. The summed E-state index contributed by atoms with van der Waals surface area (Å²) in [5, 5.41) is 0.554. The summed E-state index contributed by atoms with van der Waals surface area (Å²) in [6.07, 6.45) is 3.41. The molecule has 182 valence electrons. The molecule has 6 N–H and O–H groups in total. The topological polar surface area (TPSA) is 194 Å². The van der Waals surface area contributed by atoms with Crippen LogP contribution in [0.4, 0.5) is 5.82 Å². The van der Waals surface area contributed by atoms with Crippen LogP contribution >= 0.6 is 37.7 Å². The first kappa shape index (κ1) is 26.5. The average Bonchev–Trinajstić information content (AvgIpc) is 3.32. The lowest BCUT2D eigenvalue weighted by atomic mass is 10.2. The maximum absolute atomic E-state index is 11.8. The van der Waals surface area contributed by atoms with Gasteiger partial charge in [0.25, 0.3) is 0 Å². The number of phosphoric ester groups is 1. The predicted molar refractivity (Wildman–Crippen MR) is 125 cm³/mol. The monoisotopic (exact) mass is 539 g/mol. The molecule has 2 aromatic heterocycles. The molecule has 1 fully saturated rings. The van der Waals surface area contributed by atoms with E-state index in [1.165, 1.54) is 27.9 Å². The Morgan fingerprint density at radius 1 is 1.48 bits per heavy atom.